The zero-order valence-electron chi connectivity index (χ0n) is 18.0. The van der Waals surface area contributed by atoms with Crippen LogP contribution in [0.3, 0.4) is 0 Å². The van der Waals surface area contributed by atoms with Crippen LogP contribution in [0.5, 0.6) is 5.75 Å². The Balaban J connectivity index is 1.65. The monoisotopic (exact) mass is 418 g/mol. The minimum Gasteiger partial charge on any atom is -0.496 e. The summed E-state index contributed by atoms with van der Waals surface area (Å²) in [6.45, 7) is 7.24. The Bertz CT molecular complexity index is 911. The Morgan fingerprint density at radius 2 is 1.90 bits per heavy atom. The Morgan fingerprint density at radius 1 is 1.20 bits per heavy atom. The predicted octanol–water partition coefficient (Wildman–Crippen LogP) is 2.73. The first-order valence-corrected chi connectivity index (χ1v) is 10.1. The molecule has 0 bridgehead atoms. The number of rotatable bonds is 6. The van der Waals surface area contributed by atoms with Gasteiger partial charge in [0.15, 0.2) is 6.29 Å². The van der Waals surface area contributed by atoms with Gasteiger partial charge >= 0.3 is 5.63 Å². The van der Waals surface area contributed by atoms with Crippen LogP contribution in [0.4, 0.5) is 0 Å². The fourth-order valence-corrected chi connectivity index (χ4v) is 4.19. The van der Waals surface area contributed by atoms with E-state index in [1.54, 1.807) is 57.2 Å². The Morgan fingerprint density at radius 3 is 2.53 bits per heavy atom. The van der Waals surface area contributed by atoms with Crippen LogP contribution in [0, 0.1) is 12.3 Å². The van der Waals surface area contributed by atoms with Gasteiger partial charge in [-0.1, -0.05) is 37.3 Å². The van der Waals surface area contributed by atoms with Gasteiger partial charge in [-0.25, -0.2) is 4.79 Å². The van der Waals surface area contributed by atoms with Gasteiger partial charge in [-0.3, -0.25) is 0 Å². The highest BCUT2D eigenvalue weighted by molar-refractivity contribution is 5.52. The van der Waals surface area contributed by atoms with E-state index in [4.69, 9.17) is 18.6 Å². The van der Waals surface area contributed by atoms with Gasteiger partial charge < -0.3 is 28.8 Å². The zero-order valence-corrected chi connectivity index (χ0v) is 18.0. The lowest BCUT2D eigenvalue weighted by atomic mass is 9.69. The van der Waals surface area contributed by atoms with Gasteiger partial charge in [-0.15, -0.1) is 0 Å². The molecule has 0 aliphatic carbocycles. The maximum atomic E-state index is 11.6. The SMILES string of the molecule is CCC1OC2OC(C=C/C=C/C=Cc3oc(=O)cc(OC)c3C)C(O)C2(C)C1(C)O. The van der Waals surface area contributed by atoms with Crippen molar-refractivity contribution in [3.8, 4) is 5.75 Å². The van der Waals surface area contributed by atoms with Crippen molar-refractivity contribution in [1.29, 1.82) is 0 Å². The van der Waals surface area contributed by atoms with Crippen molar-refractivity contribution in [3.63, 3.8) is 0 Å². The second kappa shape index (κ2) is 8.51. The normalized spacial score (nSPS) is 36.4. The number of ether oxygens (including phenoxy) is 3. The number of allylic oxidation sites excluding steroid dienone is 4. The van der Waals surface area contributed by atoms with Gasteiger partial charge in [0.2, 0.25) is 0 Å². The number of hydrogen-bond donors (Lipinski definition) is 2. The maximum absolute atomic E-state index is 11.6. The minimum atomic E-state index is -1.19. The fourth-order valence-electron chi connectivity index (χ4n) is 4.19. The zero-order chi connectivity index (χ0) is 22.1. The fraction of sp³-hybridized carbons (Fsp3) is 0.522. The van der Waals surface area contributed by atoms with Crippen LogP contribution in [0.15, 0.2) is 45.7 Å². The Labute approximate surface area is 176 Å². The summed E-state index contributed by atoms with van der Waals surface area (Å²) in [6, 6.07) is 1.30. The molecule has 2 aliphatic heterocycles. The molecule has 7 nitrogen and oxygen atoms in total. The van der Waals surface area contributed by atoms with E-state index in [9.17, 15) is 15.0 Å². The number of methoxy groups -OCH3 is 1. The van der Waals surface area contributed by atoms with E-state index in [2.05, 4.69) is 0 Å². The summed E-state index contributed by atoms with van der Waals surface area (Å²) in [6.07, 6.45) is 8.53. The smallest absolute Gasteiger partial charge is 0.339 e. The Hall–Kier alpha value is -2.19. The summed E-state index contributed by atoms with van der Waals surface area (Å²) in [5, 5.41) is 21.8. The molecule has 3 heterocycles. The van der Waals surface area contributed by atoms with Crippen LogP contribution >= 0.6 is 0 Å². The summed E-state index contributed by atoms with van der Waals surface area (Å²) >= 11 is 0. The van der Waals surface area contributed by atoms with Crippen molar-refractivity contribution in [2.45, 2.75) is 64.3 Å². The first-order chi connectivity index (χ1) is 14.2. The summed E-state index contributed by atoms with van der Waals surface area (Å²) in [5.74, 6) is 0.901. The second-order valence-corrected chi connectivity index (χ2v) is 8.09. The molecule has 30 heavy (non-hydrogen) atoms. The van der Waals surface area contributed by atoms with E-state index in [0.717, 1.165) is 5.56 Å². The van der Waals surface area contributed by atoms with Crippen LogP contribution in [-0.4, -0.2) is 47.5 Å². The standard InChI is InChI=1S/C23H30O7/c1-6-18-23(4,26)22(3)20(25)16(29-21(22)30-18)12-10-8-7-9-11-15-14(2)17(27-5)13-19(24)28-15/h7-13,16,18,20-21,25-26H,6H2,1-5H3/b8-7+,11-9?,12-10?. The van der Waals surface area contributed by atoms with Crippen molar-refractivity contribution in [2.24, 2.45) is 5.41 Å². The molecule has 6 unspecified atom stereocenters. The van der Waals surface area contributed by atoms with Gasteiger partial charge in [-0.05, 0) is 33.3 Å². The quantitative estimate of drug-likeness (QED) is 0.686. The molecule has 3 rings (SSSR count). The molecule has 2 N–H and O–H groups in total. The van der Waals surface area contributed by atoms with Crippen molar-refractivity contribution in [1.82, 2.24) is 0 Å². The molecule has 0 aromatic carbocycles. The molecule has 2 fully saturated rings. The highest BCUT2D eigenvalue weighted by Crippen LogP contribution is 2.55. The molecule has 164 valence electrons. The minimum absolute atomic E-state index is 0.378. The predicted molar refractivity (Wildman–Crippen MR) is 112 cm³/mol. The molecule has 0 amide bonds. The molecule has 0 radical (unpaired) electrons. The third-order valence-electron chi connectivity index (χ3n) is 6.37. The molecule has 2 saturated heterocycles. The highest BCUT2D eigenvalue weighted by Gasteiger charge is 2.69. The van der Waals surface area contributed by atoms with Gasteiger partial charge in [-0.2, -0.15) is 0 Å². The Kier molecular flexibility index (Phi) is 6.38. The third-order valence-corrected chi connectivity index (χ3v) is 6.37. The van der Waals surface area contributed by atoms with E-state index in [1.165, 1.54) is 13.2 Å². The van der Waals surface area contributed by atoms with Gasteiger partial charge in [0, 0.05) is 5.56 Å². The number of fused-ring (bicyclic) bond motifs is 1. The van der Waals surface area contributed by atoms with E-state index in [-0.39, 0.29) is 6.10 Å². The molecule has 1 aromatic heterocycles. The van der Waals surface area contributed by atoms with Crippen LogP contribution in [0.25, 0.3) is 6.08 Å². The number of aliphatic hydroxyl groups excluding tert-OH is 1. The van der Waals surface area contributed by atoms with Gasteiger partial charge in [0.05, 0.1) is 30.8 Å². The van der Waals surface area contributed by atoms with Gasteiger partial charge in [0.25, 0.3) is 0 Å². The van der Waals surface area contributed by atoms with Crippen molar-refractivity contribution in [2.75, 3.05) is 7.11 Å². The first-order valence-electron chi connectivity index (χ1n) is 10.1. The summed E-state index contributed by atoms with van der Waals surface area (Å²) < 4.78 is 22.0. The first kappa shape index (κ1) is 22.5. The van der Waals surface area contributed by atoms with Gasteiger partial charge in [0.1, 0.15) is 23.2 Å². The number of hydrogen-bond acceptors (Lipinski definition) is 7. The lowest BCUT2D eigenvalue weighted by Crippen LogP contribution is -2.54. The molecule has 1 aromatic rings. The summed E-state index contributed by atoms with van der Waals surface area (Å²) in [5.41, 5.74) is -1.84. The molecular formula is C23H30O7. The molecule has 6 atom stereocenters. The average Bonchev–Trinajstić information content (AvgIpc) is 3.07. The van der Waals surface area contributed by atoms with Crippen LogP contribution in [0.1, 0.15) is 38.5 Å². The van der Waals surface area contributed by atoms with Crippen molar-refractivity contribution < 1.29 is 28.8 Å². The maximum Gasteiger partial charge on any atom is 0.339 e. The van der Waals surface area contributed by atoms with E-state index in [1.807, 2.05) is 6.92 Å². The topological polar surface area (TPSA) is 98.4 Å². The average molecular weight is 418 g/mol. The largest absolute Gasteiger partial charge is 0.496 e. The lowest BCUT2D eigenvalue weighted by Gasteiger charge is -2.38. The molecule has 0 saturated carbocycles. The molecular weight excluding hydrogens is 388 g/mol. The molecule has 0 spiro atoms. The number of aliphatic hydroxyl groups is 2. The van der Waals surface area contributed by atoms with E-state index in [0.29, 0.717) is 17.9 Å². The van der Waals surface area contributed by atoms with Crippen molar-refractivity contribution in [3.05, 3.63) is 58.2 Å². The summed E-state index contributed by atoms with van der Waals surface area (Å²) in [7, 11) is 1.50. The third kappa shape index (κ3) is 3.67. The van der Waals surface area contributed by atoms with E-state index >= 15 is 0 Å². The lowest BCUT2D eigenvalue weighted by molar-refractivity contribution is -0.144. The van der Waals surface area contributed by atoms with Crippen LogP contribution in [0.2, 0.25) is 0 Å². The molecule has 7 heteroatoms. The van der Waals surface area contributed by atoms with E-state index < -0.39 is 35.1 Å². The second-order valence-electron chi connectivity index (χ2n) is 8.09. The van der Waals surface area contributed by atoms with Crippen LogP contribution < -0.4 is 10.4 Å². The van der Waals surface area contributed by atoms with Crippen molar-refractivity contribution >= 4 is 6.08 Å². The molecule has 2 aliphatic rings. The highest BCUT2D eigenvalue weighted by atomic mass is 16.7. The van der Waals surface area contributed by atoms with Crippen LogP contribution in [-0.2, 0) is 9.47 Å². The summed E-state index contributed by atoms with van der Waals surface area (Å²) in [4.78, 5) is 11.6.